The summed E-state index contributed by atoms with van der Waals surface area (Å²) >= 11 is 0. The number of anilines is 1. The SMILES string of the molecule is CCN1CCCC1CNc1cnc(C(=O)OC)cn1. The minimum absolute atomic E-state index is 0.226. The van der Waals surface area contributed by atoms with Crippen LogP contribution in [0.1, 0.15) is 30.3 Å². The normalized spacial score (nSPS) is 19.4. The highest BCUT2D eigenvalue weighted by Gasteiger charge is 2.22. The van der Waals surface area contributed by atoms with Crippen molar-refractivity contribution in [3.63, 3.8) is 0 Å². The molecule has 2 rings (SSSR count). The molecule has 0 saturated carbocycles. The molecule has 1 aromatic rings. The van der Waals surface area contributed by atoms with Crippen molar-refractivity contribution in [3.8, 4) is 0 Å². The zero-order valence-corrected chi connectivity index (χ0v) is 11.4. The van der Waals surface area contributed by atoms with E-state index in [1.807, 2.05) is 0 Å². The summed E-state index contributed by atoms with van der Waals surface area (Å²) in [6.07, 6.45) is 5.47. The summed E-state index contributed by atoms with van der Waals surface area (Å²) in [6.45, 7) is 5.30. The number of nitrogens with one attached hydrogen (secondary N) is 1. The lowest BCUT2D eigenvalue weighted by Gasteiger charge is -2.22. The van der Waals surface area contributed by atoms with Gasteiger partial charge in [-0.3, -0.25) is 4.90 Å². The van der Waals surface area contributed by atoms with E-state index in [1.54, 1.807) is 6.20 Å². The quantitative estimate of drug-likeness (QED) is 0.805. The third-order valence-corrected chi connectivity index (χ3v) is 3.47. The molecule has 0 aliphatic carbocycles. The Hall–Kier alpha value is -1.69. The lowest BCUT2D eigenvalue weighted by Crippen LogP contribution is -2.34. The summed E-state index contributed by atoms with van der Waals surface area (Å²) in [6, 6.07) is 0.562. The fraction of sp³-hybridized carbons (Fsp3) is 0.615. The topological polar surface area (TPSA) is 67.4 Å². The van der Waals surface area contributed by atoms with E-state index in [0.717, 1.165) is 13.1 Å². The smallest absolute Gasteiger partial charge is 0.358 e. The predicted molar refractivity (Wildman–Crippen MR) is 72.1 cm³/mol. The van der Waals surface area contributed by atoms with Crippen LogP contribution in [0.2, 0.25) is 0 Å². The van der Waals surface area contributed by atoms with Gasteiger partial charge in [0.2, 0.25) is 0 Å². The Bertz CT molecular complexity index is 421. The highest BCUT2D eigenvalue weighted by molar-refractivity contribution is 5.86. The van der Waals surface area contributed by atoms with E-state index in [0.29, 0.717) is 11.9 Å². The molecule has 1 aliphatic rings. The van der Waals surface area contributed by atoms with Crippen LogP contribution < -0.4 is 5.32 Å². The number of ether oxygens (including phenoxy) is 1. The van der Waals surface area contributed by atoms with E-state index >= 15 is 0 Å². The first-order valence-corrected chi connectivity index (χ1v) is 6.63. The number of esters is 1. The van der Waals surface area contributed by atoms with Gasteiger partial charge in [0, 0.05) is 12.6 Å². The van der Waals surface area contributed by atoms with Crippen molar-refractivity contribution < 1.29 is 9.53 Å². The molecular weight excluding hydrogens is 244 g/mol. The largest absolute Gasteiger partial charge is 0.464 e. The lowest BCUT2D eigenvalue weighted by atomic mass is 10.2. The maximum absolute atomic E-state index is 11.2. The number of carbonyl (C=O) groups is 1. The molecule has 2 heterocycles. The Kier molecular flexibility index (Phi) is 4.68. The van der Waals surface area contributed by atoms with Crippen molar-refractivity contribution in [2.45, 2.75) is 25.8 Å². The number of carbonyl (C=O) groups excluding carboxylic acids is 1. The zero-order chi connectivity index (χ0) is 13.7. The number of aromatic nitrogens is 2. The van der Waals surface area contributed by atoms with Crippen molar-refractivity contribution in [2.75, 3.05) is 32.1 Å². The van der Waals surface area contributed by atoms with Gasteiger partial charge in [0.05, 0.1) is 19.5 Å². The molecule has 6 heteroatoms. The molecule has 0 bridgehead atoms. The number of methoxy groups -OCH3 is 1. The van der Waals surface area contributed by atoms with E-state index in [1.165, 1.54) is 32.7 Å². The van der Waals surface area contributed by atoms with Gasteiger partial charge in [-0.1, -0.05) is 6.92 Å². The third-order valence-electron chi connectivity index (χ3n) is 3.47. The van der Waals surface area contributed by atoms with Crippen molar-refractivity contribution in [1.82, 2.24) is 14.9 Å². The molecule has 0 radical (unpaired) electrons. The maximum atomic E-state index is 11.2. The molecule has 1 aromatic heterocycles. The van der Waals surface area contributed by atoms with Gasteiger partial charge in [-0.2, -0.15) is 0 Å². The standard InChI is InChI=1S/C13H20N4O2/c1-3-17-6-4-5-10(17)7-15-12-9-14-11(8-16-12)13(18)19-2/h8-10H,3-7H2,1-2H3,(H,15,16). The maximum Gasteiger partial charge on any atom is 0.358 e. The first kappa shape index (κ1) is 13.7. The van der Waals surface area contributed by atoms with E-state index in [4.69, 9.17) is 0 Å². The molecule has 1 saturated heterocycles. The van der Waals surface area contributed by atoms with Crippen LogP contribution in [0.5, 0.6) is 0 Å². The zero-order valence-electron chi connectivity index (χ0n) is 11.4. The molecule has 0 spiro atoms. The van der Waals surface area contributed by atoms with Crippen LogP contribution in [0.15, 0.2) is 12.4 Å². The Morgan fingerprint density at radius 3 is 3.00 bits per heavy atom. The van der Waals surface area contributed by atoms with Gasteiger partial charge < -0.3 is 10.1 Å². The first-order valence-electron chi connectivity index (χ1n) is 6.63. The summed E-state index contributed by atoms with van der Waals surface area (Å²) in [7, 11) is 1.33. The van der Waals surface area contributed by atoms with Gasteiger partial charge in [-0.25, -0.2) is 14.8 Å². The van der Waals surface area contributed by atoms with E-state index in [9.17, 15) is 4.79 Å². The molecular formula is C13H20N4O2. The Morgan fingerprint density at radius 1 is 1.53 bits per heavy atom. The average molecular weight is 264 g/mol. The Balaban J connectivity index is 1.88. The molecule has 6 nitrogen and oxygen atoms in total. The summed E-state index contributed by atoms with van der Waals surface area (Å²) in [4.78, 5) is 21.9. The van der Waals surface area contributed by atoms with Gasteiger partial charge in [0.15, 0.2) is 5.69 Å². The van der Waals surface area contributed by atoms with Crippen LogP contribution in [0.3, 0.4) is 0 Å². The van der Waals surface area contributed by atoms with Gasteiger partial charge >= 0.3 is 5.97 Å². The van der Waals surface area contributed by atoms with Gasteiger partial charge in [-0.15, -0.1) is 0 Å². The van der Waals surface area contributed by atoms with Crippen LogP contribution >= 0.6 is 0 Å². The molecule has 1 aliphatic heterocycles. The summed E-state index contributed by atoms with van der Waals surface area (Å²) in [5, 5.41) is 3.27. The number of likely N-dealkylation sites (N-methyl/N-ethyl adjacent to an activating group) is 1. The Labute approximate surface area is 113 Å². The second-order valence-corrected chi connectivity index (χ2v) is 4.58. The van der Waals surface area contributed by atoms with E-state index in [-0.39, 0.29) is 5.69 Å². The van der Waals surface area contributed by atoms with Crippen molar-refractivity contribution >= 4 is 11.8 Å². The molecule has 0 aromatic carbocycles. The first-order chi connectivity index (χ1) is 9.24. The molecule has 1 N–H and O–H groups in total. The minimum Gasteiger partial charge on any atom is -0.464 e. The fourth-order valence-corrected chi connectivity index (χ4v) is 2.39. The summed E-state index contributed by atoms with van der Waals surface area (Å²) < 4.78 is 4.58. The minimum atomic E-state index is -0.466. The molecule has 1 atom stereocenters. The van der Waals surface area contributed by atoms with Crippen LogP contribution in [-0.2, 0) is 4.74 Å². The molecule has 104 valence electrons. The molecule has 19 heavy (non-hydrogen) atoms. The second kappa shape index (κ2) is 6.47. The van der Waals surface area contributed by atoms with Gasteiger partial charge in [0.25, 0.3) is 0 Å². The van der Waals surface area contributed by atoms with E-state index < -0.39 is 5.97 Å². The fourth-order valence-electron chi connectivity index (χ4n) is 2.39. The number of hydrogen-bond donors (Lipinski definition) is 1. The average Bonchev–Trinajstić information content (AvgIpc) is 2.92. The van der Waals surface area contributed by atoms with Gasteiger partial charge in [0.1, 0.15) is 5.82 Å². The third kappa shape index (κ3) is 3.41. The Morgan fingerprint density at radius 2 is 2.37 bits per heavy atom. The number of hydrogen-bond acceptors (Lipinski definition) is 6. The monoisotopic (exact) mass is 264 g/mol. The molecule has 0 amide bonds. The highest BCUT2D eigenvalue weighted by atomic mass is 16.5. The van der Waals surface area contributed by atoms with Crippen LogP contribution in [-0.4, -0.2) is 53.6 Å². The number of rotatable bonds is 5. The highest BCUT2D eigenvalue weighted by Crippen LogP contribution is 2.16. The summed E-state index contributed by atoms with van der Waals surface area (Å²) in [5.74, 6) is 0.225. The van der Waals surface area contributed by atoms with Crippen LogP contribution in [0.25, 0.3) is 0 Å². The predicted octanol–water partition coefficient (Wildman–Crippen LogP) is 1.16. The van der Waals surface area contributed by atoms with Crippen molar-refractivity contribution in [2.24, 2.45) is 0 Å². The van der Waals surface area contributed by atoms with Crippen molar-refractivity contribution in [1.29, 1.82) is 0 Å². The van der Waals surface area contributed by atoms with Gasteiger partial charge in [-0.05, 0) is 25.9 Å². The number of nitrogens with zero attached hydrogens (tertiary/aromatic N) is 3. The van der Waals surface area contributed by atoms with E-state index in [2.05, 4.69) is 31.8 Å². The summed E-state index contributed by atoms with van der Waals surface area (Å²) in [5.41, 5.74) is 0.226. The molecule has 1 fully saturated rings. The second-order valence-electron chi connectivity index (χ2n) is 4.58. The van der Waals surface area contributed by atoms with Crippen molar-refractivity contribution in [3.05, 3.63) is 18.1 Å². The lowest BCUT2D eigenvalue weighted by molar-refractivity contribution is 0.0593. The number of likely N-dealkylation sites (tertiary alicyclic amines) is 1. The molecule has 1 unspecified atom stereocenters. The van der Waals surface area contributed by atoms with Crippen LogP contribution in [0.4, 0.5) is 5.82 Å². The van der Waals surface area contributed by atoms with Crippen LogP contribution in [0, 0.1) is 0 Å².